The van der Waals surface area contributed by atoms with Gasteiger partial charge in [0, 0.05) is 25.0 Å². The number of rotatable bonds is 12. The molecule has 0 bridgehead atoms. The Morgan fingerprint density at radius 3 is 1.59 bits per heavy atom. The van der Waals surface area contributed by atoms with Gasteiger partial charge in [-0.3, -0.25) is 10.6 Å². The molecule has 2 aliphatic carbocycles. The highest BCUT2D eigenvalue weighted by atomic mass is 16.7. The molecule has 26 nitrogen and oxygen atoms in total. The fourth-order valence-corrected chi connectivity index (χ4v) is 9.61. The van der Waals surface area contributed by atoms with Crippen LogP contribution in [0.15, 0.2) is 16.8 Å². The van der Waals surface area contributed by atoms with Gasteiger partial charge in [0.25, 0.3) is 0 Å². The summed E-state index contributed by atoms with van der Waals surface area (Å²) >= 11 is 0. The molecule has 11 atom stereocenters. The molecular weight excluding hydrogens is 1060 g/mol. The van der Waals surface area contributed by atoms with E-state index in [4.69, 9.17) is 47.6 Å². The molecule has 3 fully saturated rings. The molecule has 464 valence electrons. The molecule has 1 saturated heterocycles. The Kier molecular flexibility index (Phi) is 22.2. The minimum atomic E-state index is -1.87. The van der Waals surface area contributed by atoms with E-state index in [9.17, 15) is 44.1 Å². The highest BCUT2D eigenvalue weighted by Crippen LogP contribution is 2.40. The topological polar surface area (TPSA) is 334 Å². The summed E-state index contributed by atoms with van der Waals surface area (Å²) in [7, 11) is 1.33. The Morgan fingerprint density at radius 1 is 0.654 bits per heavy atom. The number of hydrogen-bond donors (Lipinski definition) is 9. The van der Waals surface area contributed by atoms with Crippen molar-refractivity contribution in [3.05, 3.63) is 11.8 Å². The predicted molar refractivity (Wildman–Crippen MR) is 296 cm³/mol. The number of likely N-dealkylation sites (N-methyl/N-ethyl adjacent to an activating group) is 1. The van der Waals surface area contributed by atoms with Gasteiger partial charge in [0.2, 0.25) is 5.96 Å². The number of aliphatic hydroxyl groups excluding tert-OH is 2. The molecule has 0 aromatic heterocycles. The number of aliphatic imine (C=N–C) groups is 1. The van der Waals surface area contributed by atoms with Crippen LogP contribution in [0.25, 0.3) is 0 Å². The van der Waals surface area contributed by atoms with Crippen molar-refractivity contribution in [1.82, 2.24) is 36.8 Å². The Bertz CT molecular complexity index is 2220. The van der Waals surface area contributed by atoms with Crippen LogP contribution in [0.3, 0.4) is 0 Å². The van der Waals surface area contributed by atoms with Crippen LogP contribution in [0.1, 0.15) is 157 Å². The van der Waals surface area contributed by atoms with E-state index in [1.165, 1.54) is 14.0 Å². The molecule has 0 spiro atoms. The summed E-state index contributed by atoms with van der Waals surface area (Å²) in [6.07, 6.45) is -10.5. The summed E-state index contributed by atoms with van der Waals surface area (Å²) in [5, 5.41) is 53.9. The smallest absolute Gasteiger partial charge is 0.414 e. The molecule has 81 heavy (non-hydrogen) atoms. The zero-order valence-electron chi connectivity index (χ0n) is 51.3. The van der Waals surface area contributed by atoms with Crippen molar-refractivity contribution in [2.75, 3.05) is 26.7 Å². The molecule has 26 heteroatoms. The van der Waals surface area contributed by atoms with Crippen molar-refractivity contribution in [3.63, 3.8) is 0 Å². The summed E-state index contributed by atoms with van der Waals surface area (Å²) in [5.41, 5.74) is -7.47. The third-order valence-electron chi connectivity index (χ3n) is 12.5. The van der Waals surface area contributed by atoms with E-state index in [1.54, 1.807) is 131 Å². The summed E-state index contributed by atoms with van der Waals surface area (Å²) in [6, 6.07) is -5.06. The Labute approximate surface area is 477 Å². The SMILES string of the molecule is CN(C(=O)OC(C)(C)C)[C@@H]1[C@@H](O)[C@@H](O[C@H]2[C@H](NC(=O)OC(C)(C)C)C[C@H](NC(=O)OC(C)(C)C)C([C@H]3OC(CNCC4CC(NC(=O)OC(C)(C)C)C4)=CC[C@H]3N=C(NC(=O)OC(C)(C)C)NC(=O)OC(C)(C)C)[C@@H]2O)OC[C@]1(C)O. The molecule has 2 heterocycles. The lowest BCUT2D eigenvalue weighted by atomic mass is 9.72. The second kappa shape index (κ2) is 26.4. The maximum Gasteiger partial charge on any atom is 0.414 e. The number of nitrogens with zero attached hydrogens (tertiary/aromatic N) is 2. The normalized spacial score (nSPS) is 29.1. The summed E-state index contributed by atoms with van der Waals surface area (Å²) in [6.45, 7) is 31.7. The zero-order valence-corrected chi connectivity index (χ0v) is 51.3. The number of hydrogen-bond acceptors (Lipinski definition) is 20. The van der Waals surface area contributed by atoms with Crippen LogP contribution in [0, 0.1) is 11.8 Å². The fourth-order valence-electron chi connectivity index (χ4n) is 9.61. The van der Waals surface area contributed by atoms with Gasteiger partial charge in [0.05, 0.1) is 37.4 Å². The van der Waals surface area contributed by atoms with Gasteiger partial charge in [-0.15, -0.1) is 0 Å². The van der Waals surface area contributed by atoms with E-state index in [-0.39, 0.29) is 31.3 Å². The lowest BCUT2D eigenvalue weighted by Crippen LogP contribution is -2.70. The van der Waals surface area contributed by atoms with Crippen molar-refractivity contribution in [3.8, 4) is 0 Å². The molecule has 2 saturated carbocycles. The van der Waals surface area contributed by atoms with Gasteiger partial charge in [0.1, 0.15) is 63.3 Å². The molecule has 2 aliphatic heterocycles. The van der Waals surface area contributed by atoms with Gasteiger partial charge < -0.3 is 84.1 Å². The van der Waals surface area contributed by atoms with Crippen LogP contribution in [-0.2, 0) is 42.6 Å². The number of carbonyl (C=O) groups excluding carboxylic acids is 6. The second-order valence-electron chi connectivity index (χ2n) is 27.6. The highest BCUT2D eigenvalue weighted by Gasteiger charge is 2.57. The van der Waals surface area contributed by atoms with Crippen LogP contribution in [0.4, 0.5) is 28.8 Å². The number of aliphatic hydroxyl groups is 3. The molecule has 4 aliphatic rings. The average Bonchev–Trinajstić information content (AvgIpc) is 3.21. The van der Waals surface area contributed by atoms with Crippen molar-refractivity contribution < 1.29 is 86.7 Å². The monoisotopic (exact) mass is 1160 g/mol. The lowest BCUT2D eigenvalue weighted by molar-refractivity contribution is -0.305. The second-order valence-corrected chi connectivity index (χ2v) is 27.6. The summed E-state index contributed by atoms with van der Waals surface area (Å²) in [4.78, 5) is 86.4. The van der Waals surface area contributed by atoms with Crippen LogP contribution < -0.4 is 31.9 Å². The molecule has 4 rings (SSSR count). The standard InChI is InChI=1S/C55H96N8O18/c1-49(2,3)76-43(66)57-30-23-29(24-30)26-56-27-31-21-22-32(58-42(61-46(69)79-52(10,11)12)62-47(70)80-53(13,14)15)38(74-31)35-33(59-44(67)77-50(4,5)6)25-34(60-45(68)78-51(7,8)9)39(36(35)64)75-41-37(65)40(55(19,72)28-73-41)63(20)48(71)81-54(16,17)18/h21,29-30,32-41,56,64-65,72H,22-28H2,1-20H3,(H,57,66)(H,59,67)(H,60,68)(H2,58,61,62,69,70)/t29?,30?,32-,33+,34-,35?,36+,37-,38+,39+,40-,41-,55+/m1/s1. The van der Waals surface area contributed by atoms with Gasteiger partial charge in [-0.1, -0.05) is 0 Å². The maximum absolute atomic E-state index is 14.0. The van der Waals surface area contributed by atoms with E-state index >= 15 is 0 Å². The highest BCUT2D eigenvalue weighted by molar-refractivity contribution is 6.01. The lowest BCUT2D eigenvalue weighted by Gasteiger charge is -2.51. The van der Waals surface area contributed by atoms with Crippen molar-refractivity contribution in [2.45, 2.75) is 257 Å². The third kappa shape index (κ3) is 22.7. The first-order valence-electron chi connectivity index (χ1n) is 27.7. The van der Waals surface area contributed by atoms with E-state index < -0.39 is 149 Å². The van der Waals surface area contributed by atoms with Crippen molar-refractivity contribution in [1.29, 1.82) is 0 Å². The van der Waals surface area contributed by atoms with E-state index in [0.29, 0.717) is 25.1 Å². The Hall–Kier alpha value is -5.41. The molecule has 6 amide bonds. The van der Waals surface area contributed by atoms with Crippen LogP contribution in [0.5, 0.6) is 0 Å². The van der Waals surface area contributed by atoms with Gasteiger partial charge in [0.15, 0.2) is 6.29 Å². The van der Waals surface area contributed by atoms with Crippen LogP contribution in [-0.4, -0.2) is 190 Å². The number of nitrogens with one attached hydrogen (secondary N) is 6. The molecular formula is C55H96N8O18. The molecule has 0 aromatic rings. The Balaban J connectivity index is 1.86. The minimum Gasteiger partial charge on any atom is -0.491 e. The molecule has 9 N–H and O–H groups in total. The first-order valence-corrected chi connectivity index (χ1v) is 27.7. The molecule has 0 radical (unpaired) electrons. The zero-order chi connectivity index (χ0) is 61.6. The summed E-state index contributed by atoms with van der Waals surface area (Å²) in [5.74, 6) is -1.16. The first kappa shape index (κ1) is 68.1. The van der Waals surface area contributed by atoms with Gasteiger partial charge in [-0.05, 0) is 176 Å². The number of ether oxygens (including phenoxy) is 9. The molecule has 0 aromatic carbocycles. The maximum atomic E-state index is 14.0. The van der Waals surface area contributed by atoms with E-state index in [2.05, 4.69) is 31.9 Å². The predicted octanol–water partition coefficient (Wildman–Crippen LogP) is 5.58. The third-order valence-corrected chi connectivity index (χ3v) is 12.5. The van der Waals surface area contributed by atoms with E-state index in [1.807, 2.05) is 0 Å². The number of alkyl carbamates (subject to hydrolysis) is 5. The average molecular weight is 1160 g/mol. The molecule has 1 unspecified atom stereocenters. The minimum absolute atomic E-state index is 0.0359. The number of guanidine groups is 1. The summed E-state index contributed by atoms with van der Waals surface area (Å²) < 4.78 is 52.9. The van der Waals surface area contributed by atoms with Gasteiger partial charge in [-0.2, -0.15) is 0 Å². The van der Waals surface area contributed by atoms with Crippen molar-refractivity contribution >= 4 is 42.5 Å². The fraction of sp³-hybridized carbons (Fsp3) is 0.836. The van der Waals surface area contributed by atoms with Crippen LogP contribution in [0.2, 0.25) is 0 Å². The number of carbonyl (C=O) groups is 6. The Morgan fingerprint density at radius 2 is 1.11 bits per heavy atom. The van der Waals surface area contributed by atoms with E-state index in [0.717, 1.165) is 4.90 Å². The van der Waals surface area contributed by atoms with Crippen LogP contribution >= 0.6 is 0 Å². The largest absolute Gasteiger partial charge is 0.491 e. The first-order chi connectivity index (χ1) is 36.8. The van der Waals surface area contributed by atoms with Gasteiger partial charge in [-0.25, -0.2) is 33.8 Å². The quantitative estimate of drug-likeness (QED) is 0.0654. The van der Waals surface area contributed by atoms with Crippen molar-refractivity contribution in [2.24, 2.45) is 16.8 Å². The number of amides is 6. The van der Waals surface area contributed by atoms with Gasteiger partial charge >= 0.3 is 36.6 Å².